The van der Waals surface area contributed by atoms with Crippen molar-refractivity contribution in [2.45, 2.75) is 52.2 Å². The number of hydrogen-bond acceptors (Lipinski definition) is 5. The molecule has 0 aliphatic carbocycles. The lowest BCUT2D eigenvalue weighted by atomic mass is 9.92. The molecule has 3 rings (SSSR count). The van der Waals surface area contributed by atoms with Gasteiger partial charge in [-0.15, -0.1) is 10.2 Å². The quantitative estimate of drug-likeness (QED) is 0.776. The minimum Gasteiger partial charge on any atom is -0.444 e. The van der Waals surface area contributed by atoms with Gasteiger partial charge in [-0.3, -0.25) is 0 Å². The van der Waals surface area contributed by atoms with E-state index in [1.54, 1.807) is 0 Å². The van der Waals surface area contributed by atoms with E-state index in [2.05, 4.69) is 15.1 Å². The Balaban J connectivity index is 1.74. The van der Waals surface area contributed by atoms with Crippen LogP contribution in [0.2, 0.25) is 5.15 Å². The number of halogens is 1. The zero-order valence-electron chi connectivity index (χ0n) is 14.8. The summed E-state index contributed by atoms with van der Waals surface area (Å²) in [4.78, 5) is 16.5. The Morgan fingerprint density at radius 3 is 2.67 bits per heavy atom. The standard InChI is InChI=1S/C17H25ClN4O2/c1-11-9-14(19-20-15(11)18)22-8-6-12-5-7-21(10-13(12)22)16(23)24-17(2,3)4/h9,12-13H,5-8,10H2,1-4H3/t12-,13-/m0/s1. The molecule has 6 nitrogen and oxygen atoms in total. The first kappa shape index (κ1) is 17.3. The number of nitrogens with zero attached hydrogens (tertiary/aromatic N) is 4. The lowest BCUT2D eigenvalue weighted by Crippen LogP contribution is -2.51. The average Bonchev–Trinajstić information content (AvgIpc) is 2.91. The van der Waals surface area contributed by atoms with Gasteiger partial charge >= 0.3 is 6.09 Å². The zero-order chi connectivity index (χ0) is 17.5. The normalized spacial score (nSPS) is 24.0. The first-order chi connectivity index (χ1) is 11.2. The third-order valence-electron chi connectivity index (χ3n) is 4.72. The summed E-state index contributed by atoms with van der Waals surface area (Å²) in [6.07, 6.45) is 1.89. The summed E-state index contributed by atoms with van der Waals surface area (Å²) in [6, 6.07) is 2.24. The van der Waals surface area contributed by atoms with Crippen LogP contribution < -0.4 is 4.90 Å². The van der Waals surface area contributed by atoms with E-state index in [0.29, 0.717) is 17.6 Å². The molecule has 1 amide bonds. The maximum absolute atomic E-state index is 12.4. The molecule has 1 aromatic heterocycles. The number of amides is 1. The second-order valence-electron chi connectivity index (χ2n) is 7.70. The van der Waals surface area contributed by atoms with Gasteiger partial charge in [-0.05, 0) is 58.1 Å². The van der Waals surface area contributed by atoms with Gasteiger partial charge in [-0.1, -0.05) is 11.6 Å². The van der Waals surface area contributed by atoms with Crippen molar-refractivity contribution in [2.24, 2.45) is 5.92 Å². The average molecular weight is 353 g/mol. The molecule has 0 spiro atoms. The van der Waals surface area contributed by atoms with Crippen LogP contribution in [0.4, 0.5) is 10.6 Å². The van der Waals surface area contributed by atoms with Crippen molar-refractivity contribution in [2.75, 3.05) is 24.5 Å². The van der Waals surface area contributed by atoms with Crippen LogP contribution in [-0.4, -0.2) is 52.5 Å². The third kappa shape index (κ3) is 3.58. The minimum atomic E-state index is -0.470. The number of piperidine rings is 1. The Morgan fingerprint density at radius 2 is 2.00 bits per heavy atom. The SMILES string of the molecule is Cc1cc(N2CC[C@@H]3CCN(C(=O)OC(C)(C)C)C[C@@H]32)nnc1Cl. The molecule has 1 aromatic rings. The molecular weight excluding hydrogens is 328 g/mol. The van der Waals surface area contributed by atoms with Crippen LogP contribution in [-0.2, 0) is 4.74 Å². The number of carbonyl (C=O) groups is 1. The van der Waals surface area contributed by atoms with Crippen LogP contribution >= 0.6 is 11.6 Å². The smallest absolute Gasteiger partial charge is 0.410 e. The van der Waals surface area contributed by atoms with Crippen LogP contribution in [0.5, 0.6) is 0 Å². The Bertz CT molecular complexity index is 632. The summed E-state index contributed by atoms with van der Waals surface area (Å²) in [5, 5.41) is 8.72. The summed E-state index contributed by atoms with van der Waals surface area (Å²) in [6.45, 7) is 9.98. The highest BCUT2D eigenvalue weighted by Gasteiger charge is 2.41. The second-order valence-corrected chi connectivity index (χ2v) is 8.06. The number of ether oxygens (including phenoxy) is 1. The van der Waals surface area contributed by atoms with Crippen LogP contribution in [0.3, 0.4) is 0 Å². The Labute approximate surface area is 148 Å². The zero-order valence-corrected chi connectivity index (χ0v) is 15.5. The van der Waals surface area contributed by atoms with Gasteiger partial charge in [0.2, 0.25) is 0 Å². The molecule has 0 unspecified atom stereocenters. The van der Waals surface area contributed by atoms with Crippen LogP contribution in [0.1, 0.15) is 39.2 Å². The molecule has 2 aliphatic heterocycles. The number of hydrogen-bond donors (Lipinski definition) is 0. The van der Waals surface area contributed by atoms with Gasteiger partial charge in [0.1, 0.15) is 5.60 Å². The lowest BCUT2D eigenvalue weighted by Gasteiger charge is -2.39. The van der Waals surface area contributed by atoms with Crippen molar-refractivity contribution < 1.29 is 9.53 Å². The first-order valence-corrected chi connectivity index (χ1v) is 8.87. The number of aromatic nitrogens is 2. The summed E-state index contributed by atoms with van der Waals surface area (Å²) in [5.74, 6) is 1.43. The van der Waals surface area contributed by atoms with Gasteiger partial charge in [0.25, 0.3) is 0 Å². The molecule has 0 radical (unpaired) electrons. The van der Waals surface area contributed by atoms with E-state index in [4.69, 9.17) is 16.3 Å². The molecule has 132 valence electrons. The van der Waals surface area contributed by atoms with Crippen molar-refractivity contribution in [1.29, 1.82) is 0 Å². The van der Waals surface area contributed by atoms with Crippen molar-refractivity contribution in [3.05, 3.63) is 16.8 Å². The largest absolute Gasteiger partial charge is 0.444 e. The molecule has 2 fully saturated rings. The Morgan fingerprint density at radius 1 is 1.29 bits per heavy atom. The van der Waals surface area contributed by atoms with E-state index in [0.717, 1.165) is 37.3 Å². The molecule has 24 heavy (non-hydrogen) atoms. The third-order valence-corrected chi connectivity index (χ3v) is 5.09. The van der Waals surface area contributed by atoms with E-state index in [9.17, 15) is 4.79 Å². The summed E-state index contributed by atoms with van der Waals surface area (Å²) in [7, 11) is 0. The van der Waals surface area contributed by atoms with E-state index in [-0.39, 0.29) is 12.1 Å². The van der Waals surface area contributed by atoms with E-state index in [1.807, 2.05) is 38.7 Å². The molecule has 2 atom stereocenters. The van der Waals surface area contributed by atoms with Crippen LogP contribution in [0.25, 0.3) is 0 Å². The number of carbonyl (C=O) groups excluding carboxylic acids is 1. The van der Waals surface area contributed by atoms with E-state index < -0.39 is 5.60 Å². The Kier molecular flexibility index (Phi) is 4.60. The molecule has 7 heteroatoms. The monoisotopic (exact) mass is 352 g/mol. The van der Waals surface area contributed by atoms with Crippen molar-refractivity contribution in [3.63, 3.8) is 0 Å². The maximum atomic E-state index is 12.4. The molecule has 0 bridgehead atoms. The number of rotatable bonds is 1. The van der Waals surface area contributed by atoms with Crippen molar-refractivity contribution in [3.8, 4) is 0 Å². The lowest BCUT2D eigenvalue weighted by molar-refractivity contribution is 0.0173. The van der Waals surface area contributed by atoms with Crippen LogP contribution in [0.15, 0.2) is 6.07 Å². The maximum Gasteiger partial charge on any atom is 0.410 e. The second kappa shape index (κ2) is 6.39. The molecule has 2 aliphatic rings. The highest BCUT2D eigenvalue weighted by Crippen LogP contribution is 2.35. The number of fused-ring (bicyclic) bond motifs is 1. The van der Waals surface area contributed by atoms with Crippen LogP contribution in [0, 0.1) is 12.8 Å². The van der Waals surface area contributed by atoms with E-state index >= 15 is 0 Å². The highest BCUT2D eigenvalue weighted by molar-refractivity contribution is 6.30. The molecule has 3 heterocycles. The highest BCUT2D eigenvalue weighted by atomic mass is 35.5. The molecular formula is C17H25ClN4O2. The fourth-order valence-electron chi connectivity index (χ4n) is 3.51. The van der Waals surface area contributed by atoms with Gasteiger partial charge in [0, 0.05) is 19.6 Å². The van der Waals surface area contributed by atoms with Gasteiger partial charge in [0.05, 0.1) is 6.04 Å². The fourth-order valence-corrected chi connectivity index (χ4v) is 3.61. The first-order valence-electron chi connectivity index (χ1n) is 8.49. The molecule has 0 aromatic carbocycles. The fraction of sp³-hybridized carbons (Fsp3) is 0.706. The van der Waals surface area contributed by atoms with Gasteiger partial charge in [0.15, 0.2) is 11.0 Å². The van der Waals surface area contributed by atoms with Gasteiger partial charge in [-0.25, -0.2) is 4.79 Å². The topological polar surface area (TPSA) is 58.6 Å². The number of aryl methyl sites for hydroxylation is 1. The number of anilines is 1. The molecule has 0 saturated carbocycles. The predicted molar refractivity (Wildman–Crippen MR) is 93.4 cm³/mol. The number of likely N-dealkylation sites (tertiary alicyclic amines) is 1. The van der Waals surface area contributed by atoms with Gasteiger partial charge < -0.3 is 14.5 Å². The summed E-state index contributed by atoms with van der Waals surface area (Å²) < 4.78 is 5.52. The predicted octanol–water partition coefficient (Wildman–Crippen LogP) is 3.27. The van der Waals surface area contributed by atoms with Crippen molar-refractivity contribution in [1.82, 2.24) is 15.1 Å². The van der Waals surface area contributed by atoms with E-state index in [1.165, 1.54) is 0 Å². The van der Waals surface area contributed by atoms with Crippen molar-refractivity contribution >= 4 is 23.5 Å². The Hall–Kier alpha value is -1.56. The minimum absolute atomic E-state index is 0.230. The summed E-state index contributed by atoms with van der Waals surface area (Å²) in [5.41, 5.74) is 0.451. The molecule has 0 N–H and O–H groups in total. The summed E-state index contributed by atoms with van der Waals surface area (Å²) >= 11 is 5.99. The molecule has 2 saturated heterocycles. The van der Waals surface area contributed by atoms with Gasteiger partial charge in [-0.2, -0.15) is 0 Å².